The molecule has 31 heavy (non-hydrogen) atoms. The van der Waals surface area contributed by atoms with Crippen molar-refractivity contribution in [1.82, 2.24) is 20.3 Å². The van der Waals surface area contributed by atoms with Gasteiger partial charge in [-0.25, -0.2) is 9.97 Å². The average Bonchev–Trinajstić information content (AvgIpc) is 2.73. The predicted octanol–water partition coefficient (Wildman–Crippen LogP) is 4.48. The lowest BCUT2D eigenvalue weighted by Crippen LogP contribution is -2.20. The fourth-order valence-electron chi connectivity index (χ4n) is 3.67. The van der Waals surface area contributed by atoms with E-state index >= 15 is 0 Å². The number of benzene rings is 1. The Hall–Kier alpha value is -3.20. The molecule has 1 aliphatic rings. The quantitative estimate of drug-likeness (QED) is 0.531. The van der Waals surface area contributed by atoms with Crippen molar-refractivity contribution in [3.8, 4) is 0 Å². The van der Waals surface area contributed by atoms with Crippen molar-refractivity contribution in [1.29, 1.82) is 0 Å². The summed E-state index contributed by atoms with van der Waals surface area (Å²) in [5, 5.41) is 7.28. The monoisotopic (exact) mass is 428 g/mol. The molecule has 0 unspecified atom stereocenters. The zero-order chi connectivity index (χ0) is 22.2. The van der Waals surface area contributed by atoms with E-state index in [-0.39, 0.29) is 5.69 Å². The van der Waals surface area contributed by atoms with Gasteiger partial charge in [-0.3, -0.25) is 4.98 Å². The standard InChI is InChI=1S/C22H23F3N6/c1-12(15-7-16(22(23,24)25)9-17(26)8-15)29-21-18-10-19(14-3-5-27-6-4-14)28-11-20(18)30-13(2)31-21/h3,7-12,27H,4-6,26H2,1-2H3,(H,29,30,31)/t12-/m1/s1. The van der Waals surface area contributed by atoms with Gasteiger partial charge in [0, 0.05) is 17.6 Å². The summed E-state index contributed by atoms with van der Waals surface area (Å²) in [5.74, 6) is 1.09. The number of nitrogens with two attached hydrogens (primary N) is 1. The van der Waals surface area contributed by atoms with Gasteiger partial charge in [0.1, 0.15) is 11.6 Å². The normalized spacial score (nSPS) is 15.6. The van der Waals surface area contributed by atoms with E-state index in [2.05, 4.69) is 31.7 Å². The topological polar surface area (TPSA) is 88.8 Å². The van der Waals surface area contributed by atoms with Crippen molar-refractivity contribution in [3.63, 3.8) is 0 Å². The minimum atomic E-state index is -4.47. The maximum absolute atomic E-state index is 13.2. The fraction of sp³-hybridized carbons (Fsp3) is 0.318. The van der Waals surface area contributed by atoms with Crippen molar-refractivity contribution >= 4 is 28.0 Å². The molecule has 0 saturated carbocycles. The van der Waals surface area contributed by atoms with Gasteiger partial charge < -0.3 is 16.4 Å². The smallest absolute Gasteiger partial charge is 0.399 e. The summed E-state index contributed by atoms with van der Waals surface area (Å²) in [6.07, 6.45) is 0.216. The molecule has 0 amide bonds. The molecule has 2 aromatic heterocycles. The molecular formula is C22H23F3N6. The number of hydrogen-bond donors (Lipinski definition) is 3. The Morgan fingerprint density at radius 1 is 1.16 bits per heavy atom. The first-order chi connectivity index (χ1) is 14.7. The molecule has 0 bridgehead atoms. The Morgan fingerprint density at radius 3 is 2.68 bits per heavy atom. The first-order valence-electron chi connectivity index (χ1n) is 9.99. The Morgan fingerprint density at radius 2 is 1.97 bits per heavy atom. The number of fused-ring (bicyclic) bond motifs is 1. The van der Waals surface area contributed by atoms with Crippen LogP contribution in [0.15, 0.2) is 36.5 Å². The molecule has 0 spiro atoms. The minimum absolute atomic E-state index is 0.0616. The number of alkyl halides is 3. The highest BCUT2D eigenvalue weighted by Crippen LogP contribution is 2.34. The summed E-state index contributed by atoms with van der Waals surface area (Å²) < 4.78 is 39.6. The lowest BCUT2D eigenvalue weighted by Gasteiger charge is -2.19. The molecule has 4 N–H and O–H groups in total. The highest BCUT2D eigenvalue weighted by atomic mass is 19.4. The maximum Gasteiger partial charge on any atom is 0.416 e. The van der Waals surface area contributed by atoms with Crippen LogP contribution in [0.3, 0.4) is 0 Å². The molecule has 1 aromatic carbocycles. The second-order valence-electron chi connectivity index (χ2n) is 7.64. The van der Waals surface area contributed by atoms with Crippen molar-refractivity contribution in [3.05, 3.63) is 59.2 Å². The van der Waals surface area contributed by atoms with Crippen LogP contribution in [-0.2, 0) is 6.18 Å². The molecule has 3 heterocycles. The Labute approximate surface area is 177 Å². The summed E-state index contributed by atoms with van der Waals surface area (Å²) >= 11 is 0. The Balaban J connectivity index is 1.72. The summed E-state index contributed by atoms with van der Waals surface area (Å²) in [5.41, 5.74) is 8.10. The SMILES string of the molecule is Cc1nc(N[C@H](C)c2cc(N)cc(C(F)(F)F)c2)c2cc(C3=CCNCC3)ncc2n1. The summed E-state index contributed by atoms with van der Waals surface area (Å²) in [6.45, 7) is 5.21. The molecule has 0 radical (unpaired) electrons. The number of hydrogen-bond acceptors (Lipinski definition) is 6. The zero-order valence-corrected chi connectivity index (χ0v) is 17.2. The van der Waals surface area contributed by atoms with E-state index in [1.165, 1.54) is 6.07 Å². The van der Waals surface area contributed by atoms with Crippen LogP contribution < -0.4 is 16.4 Å². The van der Waals surface area contributed by atoms with E-state index < -0.39 is 17.8 Å². The molecule has 0 saturated heterocycles. The van der Waals surface area contributed by atoms with E-state index in [1.807, 2.05) is 6.07 Å². The highest BCUT2D eigenvalue weighted by Gasteiger charge is 2.31. The second kappa shape index (κ2) is 8.14. The van der Waals surface area contributed by atoms with Crippen LogP contribution in [0.2, 0.25) is 0 Å². The van der Waals surface area contributed by atoms with Crippen LogP contribution in [0.1, 0.15) is 42.0 Å². The predicted molar refractivity (Wildman–Crippen MR) is 115 cm³/mol. The number of aromatic nitrogens is 3. The molecule has 0 aliphatic carbocycles. The Bertz CT molecular complexity index is 1160. The van der Waals surface area contributed by atoms with E-state index in [4.69, 9.17) is 5.73 Å². The van der Waals surface area contributed by atoms with Gasteiger partial charge in [0.25, 0.3) is 0 Å². The molecule has 6 nitrogen and oxygen atoms in total. The minimum Gasteiger partial charge on any atom is -0.399 e. The number of pyridine rings is 1. The number of rotatable bonds is 4. The number of anilines is 2. The van der Waals surface area contributed by atoms with E-state index in [0.29, 0.717) is 22.7 Å². The lowest BCUT2D eigenvalue weighted by atomic mass is 10.0. The largest absolute Gasteiger partial charge is 0.416 e. The van der Waals surface area contributed by atoms with Gasteiger partial charge in [-0.2, -0.15) is 13.2 Å². The van der Waals surface area contributed by atoms with Crippen molar-refractivity contribution in [2.75, 3.05) is 24.1 Å². The third kappa shape index (κ3) is 4.61. The summed E-state index contributed by atoms with van der Waals surface area (Å²) in [6, 6.07) is 5.05. The molecule has 0 fully saturated rings. The second-order valence-corrected chi connectivity index (χ2v) is 7.64. The maximum atomic E-state index is 13.2. The summed E-state index contributed by atoms with van der Waals surface area (Å²) in [4.78, 5) is 13.5. The highest BCUT2D eigenvalue weighted by molar-refractivity contribution is 5.90. The fourth-order valence-corrected chi connectivity index (χ4v) is 3.67. The van der Waals surface area contributed by atoms with E-state index in [1.54, 1.807) is 20.0 Å². The number of nitrogen functional groups attached to an aromatic ring is 1. The molecule has 9 heteroatoms. The third-order valence-electron chi connectivity index (χ3n) is 5.25. The van der Waals surface area contributed by atoms with E-state index in [0.717, 1.165) is 48.3 Å². The van der Waals surface area contributed by atoms with Crippen molar-refractivity contribution in [2.24, 2.45) is 0 Å². The van der Waals surface area contributed by atoms with Gasteiger partial charge in [0.2, 0.25) is 0 Å². The first kappa shape index (κ1) is 21.0. The molecule has 3 aromatic rings. The van der Waals surface area contributed by atoms with Gasteiger partial charge >= 0.3 is 6.18 Å². The Kier molecular flexibility index (Phi) is 5.53. The van der Waals surface area contributed by atoms with Gasteiger partial charge in [0.05, 0.1) is 29.0 Å². The van der Waals surface area contributed by atoms with Gasteiger partial charge in [-0.1, -0.05) is 6.08 Å². The number of nitrogens with one attached hydrogen (secondary N) is 2. The number of halogens is 3. The van der Waals surface area contributed by atoms with Crippen LogP contribution in [0.5, 0.6) is 0 Å². The van der Waals surface area contributed by atoms with Gasteiger partial charge in [0.15, 0.2) is 0 Å². The molecule has 162 valence electrons. The van der Waals surface area contributed by atoms with E-state index in [9.17, 15) is 13.2 Å². The number of nitrogens with zero attached hydrogens (tertiary/aromatic N) is 3. The van der Waals surface area contributed by atoms with Crippen LogP contribution in [-0.4, -0.2) is 28.0 Å². The molecule has 1 aliphatic heterocycles. The zero-order valence-electron chi connectivity index (χ0n) is 17.2. The van der Waals surface area contributed by atoms with Crippen LogP contribution >= 0.6 is 0 Å². The van der Waals surface area contributed by atoms with Crippen LogP contribution in [0, 0.1) is 6.92 Å². The van der Waals surface area contributed by atoms with Gasteiger partial charge in [-0.15, -0.1) is 0 Å². The lowest BCUT2D eigenvalue weighted by molar-refractivity contribution is -0.137. The first-order valence-corrected chi connectivity index (χ1v) is 9.99. The molecule has 1 atom stereocenters. The van der Waals surface area contributed by atoms with Crippen LogP contribution in [0.4, 0.5) is 24.7 Å². The summed E-state index contributed by atoms with van der Waals surface area (Å²) in [7, 11) is 0. The van der Waals surface area contributed by atoms with Crippen molar-refractivity contribution in [2.45, 2.75) is 32.5 Å². The van der Waals surface area contributed by atoms with Crippen molar-refractivity contribution < 1.29 is 13.2 Å². The van der Waals surface area contributed by atoms with Gasteiger partial charge in [-0.05, 0) is 62.2 Å². The molecule has 4 rings (SSSR count). The van der Waals surface area contributed by atoms with Crippen LogP contribution in [0.25, 0.3) is 16.5 Å². The number of aryl methyl sites for hydroxylation is 1. The third-order valence-corrected chi connectivity index (χ3v) is 5.25. The molecular weight excluding hydrogens is 405 g/mol. The average molecular weight is 428 g/mol.